The van der Waals surface area contributed by atoms with Gasteiger partial charge in [-0.05, 0) is 76.0 Å². The molecular weight excluding hydrogens is 390 g/mol. The van der Waals surface area contributed by atoms with Crippen LogP contribution in [0.5, 0.6) is 11.6 Å². The molecule has 2 fully saturated rings. The van der Waals surface area contributed by atoms with Gasteiger partial charge in [0.1, 0.15) is 12.4 Å². The van der Waals surface area contributed by atoms with E-state index in [-0.39, 0.29) is 12.2 Å². The van der Waals surface area contributed by atoms with Crippen LogP contribution in [0.2, 0.25) is 0 Å². The van der Waals surface area contributed by atoms with Crippen molar-refractivity contribution >= 4 is 5.95 Å². The molecule has 1 aromatic carbocycles. The maximum Gasteiger partial charge on any atom is 0.226 e. The second kappa shape index (κ2) is 10.3. The Morgan fingerprint density at radius 2 is 1.87 bits per heavy atom. The Hall–Kier alpha value is -2.34. The predicted molar refractivity (Wildman–Crippen MR) is 123 cm³/mol. The van der Waals surface area contributed by atoms with Gasteiger partial charge in [-0.25, -0.2) is 4.98 Å². The van der Waals surface area contributed by atoms with E-state index in [0.29, 0.717) is 24.5 Å². The Labute approximate surface area is 185 Å². The van der Waals surface area contributed by atoms with Gasteiger partial charge in [-0.2, -0.15) is 4.98 Å². The topological polar surface area (TPSA) is 65.5 Å². The first kappa shape index (κ1) is 21.9. The largest absolute Gasteiger partial charge is 0.491 e. The van der Waals surface area contributed by atoms with Gasteiger partial charge in [0.25, 0.3) is 0 Å². The molecule has 0 amide bonds. The number of anilines is 1. The van der Waals surface area contributed by atoms with Crippen LogP contribution in [-0.2, 0) is 4.74 Å². The Morgan fingerprint density at radius 1 is 1.10 bits per heavy atom. The van der Waals surface area contributed by atoms with E-state index in [1.807, 2.05) is 44.3 Å². The zero-order valence-electron chi connectivity index (χ0n) is 19.0. The number of benzene rings is 1. The number of ether oxygens (including phenoxy) is 3. The van der Waals surface area contributed by atoms with Crippen molar-refractivity contribution in [1.29, 1.82) is 0 Å². The second-order valence-corrected chi connectivity index (χ2v) is 9.15. The summed E-state index contributed by atoms with van der Waals surface area (Å²) in [7, 11) is 0. The molecule has 1 unspecified atom stereocenters. The molecule has 1 saturated heterocycles. The Morgan fingerprint density at radius 3 is 2.55 bits per heavy atom. The minimum atomic E-state index is 0.140. The highest BCUT2D eigenvalue weighted by Crippen LogP contribution is 2.32. The van der Waals surface area contributed by atoms with Crippen molar-refractivity contribution in [2.45, 2.75) is 77.5 Å². The highest BCUT2D eigenvalue weighted by molar-refractivity contribution is 5.69. The molecule has 1 aliphatic carbocycles. The Kier molecular flexibility index (Phi) is 7.28. The van der Waals surface area contributed by atoms with Crippen LogP contribution >= 0.6 is 0 Å². The summed E-state index contributed by atoms with van der Waals surface area (Å²) in [4.78, 5) is 9.38. The predicted octanol–water partition coefficient (Wildman–Crippen LogP) is 5.48. The summed E-state index contributed by atoms with van der Waals surface area (Å²) in [5.74, 6) is 2.92. The lowest BCUT2D eigenvalue weighted by Gasteiger charge is -2.27. The number of rotatable bonds is 8. The number of nitrogens with zero attached hydrogens (tertiary/aromatic N) is 2. The van der Waals surface area contributed by atoms with Crippen molar-refractivity contribution in [1.82, 2.24) is 9.97 Å². The lowest BCUT2D eigenvalue weighted by atomic mass is 9.87. The molecule has 168 valence electrons. The van der Waals surface area contributed by atoms with E-state index < -0.39 is 0 Å². The van der Waals surface area contributed by atoms with Crippen molar-refractivity contribution in [3.05, 3.63) is 30.5 Å². The molecule has 0 radical (unpaired) electrons. The highest BCUT2D eigenvalue weighted by Gasteiger charge is 2.21. The molecule has 1 atom stereocenters. The summed E-state index contributed by atoms with van der Waals surface area (Å²) >= 11 is 0. The van der Waals surface area contributed by atoms with Gasteiger partial charge in [-0.3, -0.25) is 0 Å². The van der Waals surface area contributed by atoms with Crippen LogP contribution in [0.4, 0.5) is 5.95 Å². The average Bonchev–Trinajstić information content (AvgIpc) is 3.28. The van der Waals surface area contributed by atoms with E-state index in [4.69, 9.17) is 19.2 Å². The number of nitrogens with one attached hydrogen (secondary N) is 1. The van der Waals surface area contributed by atoms with Crippen LogP contribution < -0.4 is 14.8 Å². The van der Waals surface area contributed by atoms with Crippen LogP contribution in [-0.4, -0.2) is 41.4 Å². The van der Waals surface area contributed by atoms with Gasteiger partial charge in [-0.15, -0.1) is 0 Å². The molecule has 4 rings (SSSR count). The van der Waals surface area contributed by atoms with Crippen molar-refractivity contribution in [3.63, 3.8) is 0 Å². The number of hydrogen-bond acceptors (Lipinski definition) is 6. The van der Waals surface area contributed by atoms with E-state index in [2.05, 4.69) is 17.2 Å². The molecule has 1 aliphatic heterocycles. The first-order valence-electron chi connectivity index (χ1n) is 11.7. The molecule has 1 N–H and O–H groups in total. The molecule has 6 heteroatoms. The van der Waals surface area contributed by atoms with Crippen LogP contribution in [0.15, 0.2) is 30.5 Å². The third kappa shape index (κ3) is 6.10. The van der Waals surface area contributed by atoms with Gasteiger partial charge >= 0.3 is 0 Å². The molecule has 1 aromatic heterocycles. The lowest BCUT2D eigenvalue weighted by molar-refractivity contribution is 0.0665. The van der Waals surface area contributed by atoms with Crippen LogP contribution in [0.3, 0.4) is 0 Å². The summed E-state index contributed by atoms with van der Waals surface area (Å²) in [5.41, 5.74) is 1.90. The van der Waals surface area contributed by atoms with Gasteiger partial charge in [0.2, 0.25) is 11.8 Å². The monoisotopic (exact) mass is 425 g/mol. The molecule has 31 heavy (non-hydrogen) atoms. The first-order valence-corrected chi connectivity index (χ1v) is 11.7. The van der Waals surface area contributed by atoms with Crippen molar-refractivity contribution in [2.24, 2.45) is 5.92 Å². The first-order chi connectivity index (χ1) is 15.1. The van der Waals surface area contributed by atoms with Crippen LogP contribution in [0, 0.1) is 5.92 Å². The standard InChI is InChI=1S/C25H35N3O3/c1-17(2)31-21-12-8-19(9-13-21)23-15-26-25(27-20-10-6-18(3)7-11-20)28-24(23)30-16-22-5-4-14-29-22/h8-9,12-13,15,17-18,20,22H,4-7,10-11,14,16H2,1-3H3,(H,26,27,28). The molecule has 1 saturated carbocycles. The van der Waals surface area contributed by atoms with E-state index in [1.54, 1.807) is 0 Å². The fourth-order valence-corrected chi connectivity index (χ4v) is 4.26. The van der Waals surface area contributed by atoms with E-state index >= 15 is 0 Å². The summed E-state index contributed by atoms with van der Waals surface area (Å²) in [5, 5.41) is 3.53. The van der Waals surface area contributed by atoms with Gasteiger partial charge in [0, 0.05) is 18.8 Å². The molecule has 2 heterocycles. The second-order valence-electron chi connectivity index (χ2n) is 9.15. The molecule has 6 nitrogen and oxygen atoms in total. The van der Waals surface area contributed by atoms with Gasteiger partial charge in [0.05, 0.1) is 17.8 Å². The van der Waals surface area contributed by atoms with Gasteiger partial charge in [-0.1, -0.05) is 19.1 Å². The number of aromatic nitrogens is 2. The minimum absolute atomic E-state index is 0.140. The summed E-state index contributed by atoms with van der Waals surface area (Å²) in [6.45, 7) is 7.71. The fraction of sp³-hybridized carbons (Fsp3) is 0.600. The normalized spacial score (nSPS) is 23.7. The SMILES string of the molecule is CC1CCC(Nc2ncc(-c3ccc(OC(C)C)cc3)c(OCC3CCCO3)n2)CC1. The summed E-state index contributed by atoms with van der Waals surface area (Å²) in [6.07, 6.45) is 9.11. The molecule has 2 aromatic rings. The van der Waals surface area contributed by atoms with Crippen LogP contribution in [0.1, 0.15) is 59.3 Å². The minimum Gasteiger partial charge on any atom is -0.491 e. The highest BCUT2D eigenvalue weighted by atomic mass is 16.5. The maximum absolute atomic E-state index is 6.17. The Balaban J connectivity index is 1.52. The van der Waals surface area contributed by atoms with Gasteiger partial charge in [0.15, 0.2) is 0 Å². The van der Waals surface area contributed by atoms with E-state index in [0.717, 1.165) is 55.1 Å². The quantitative estimate of drug-likeness (QED) is 0.604. The van der Waals surface area contributed by atoms with Gasteiger partial charge < -0.3 is 19.5 Å². The zero-order valence-corrected chi connectivity index (χ0v) is 19.0. The van der Waals surface area contributed by atoms with Crippen molar-refractivity contribution in [3.8, 4) is 22.8 Å². The smallest absolute Gasteiger partial charge is 0.226 e. The number of hydrogen-bond donors (Lipinski definition) is 1. The van der Waals surface area contributed by atoms with E-state index in [1.165, 1.54) is 12.8 Å². The van der Waals surface area contributed by atoms with Crippen molar-refractivity contribution < 1.29 is 14.2 Å². The molecule has 0 bridgehead atoms. The average molecular weight is 426 g/mol. The van der Waals surface area contributed by atoms with E-state index in [9.17, 15) is 0 Å². The Bertz CT molecular complexity index is 826. The zero-order chi connectivity index (χ0) is 21.6. The molecule has 0 spiro atoms. The third-order valence-corrected chi connectivity index (χ3v) is 6.07. The molecular formula is C25H35N3O3. The fourth-order valence-electron chi connectivity index (χ4n) is 4.26. The third-order valence-electron chi connectivity index (χ3n) is 6.07. The maximum atomic E-state index is 6.17. The van der Waals surface area contributed by atoms with Crippen LogP contribution in [0.25, 0.3) is 11.1 Å². The summed E-state index contributed by atoms with van der Waals surface area (Å²) in [6, 6.07) is 8.46. The summed E-state index contributed by atoms with van der Waals surface area (Å²) < 4.78 is 17.7. The molecule has 2 aliphatic rings. The van der Waals surface area contributed by atoms with Crippen molar-refractivity contribution in [2.75, 3.05) is 18.5 Å². The lowest BCUT2D eigenvalue weighted by Crippen LogP contribution is -2.26.